The van der Waals surface area contributed by atoms with Gasteiger partial charge in [0.25, 0.3) is 0 Å². The Morgan fingerprint density at radius 1 is 1.32 bits per heavy atom. The fourth-order valence-electron chi connectivity index (χ4n) is 2.63. The highest BCUT2D eigenvalue weighted by Crippen LogP contribution is 2.26. The molecule has 0 aromatic heterocycles. The second-order valence-corrected chi connectivity index (χ2v) is 5.68. The third kappa shape index (κ3) is 5.19. The Morgan fingerprint density at radius 3 is 2.63 bits per heavy atom. The topological polar surface area (TPSA) is 15.3 Å². The monoisotopic (exact) mass is 266 g/mol. The Hall–Kier alpha value is -1.09. The summed E-state index contributed by atoms with van der Waals surface area (Å²) in [5.41, 5.74) is 1.16. The molecule has 0 fully saturated rings. The van der Waals surface area contributed by atoms with Crippen molar-refractivity contribution in [3.05, 3.63) is 30.1 Å². The van der Waals surface area contributed by atoms with E-state index in [0.29, 0.717) is 0 Å². The van der Waals surface area contributed by atoms with E-state index in [1.54, 1.807) is 12.1 Å². The third-order valence-corrected chi connectivity index (χ3v) is 3.52. The molecule has 0 heterocycles. The van der Waals surface area contributed by atoms with Crippen LogP contribution >= 0.6 is 0 Å². The van der Waals surface area contributed by atoms with E-state index in [1.165, 1.54) is 18.9 Å². The summed E-state index contributed by atoms with van der Waals surface area (Å²) < 4.78 is 13.3. The van der Waals surface area contributed by atoms with Gasteiger partial charge in [-0.2, -0.15) is 0 Å². The summed E-state index contributed by atoms with van der Waals surface area (Å²) in [6, 6.07) is 6.81. The van der Waals surface area contributed by atoms with Crippen molar-refractivity contribution in [2.45, 2.75) is 33.6 Å². The van der Waals surface area contributed by atoms with Crippen LogP contribution in [-0.2, 0) is 0 Å². The van der Waals surface area contributed by atoms with Crippen molar-refractivity contribution >= 4 is 5.69 Å². The first kappa shape index (κ1) is 16.0. The summed E-state index contributed by atoms with van der Waals surface area (Å²) in [6.07, 6.45) is 2.33. The molecule has 0 bridgehead atoms. The fourth-order valence-corrected chi connectivity index (χ4v) is 2.63. The van der Waals surface area contributed by atoms with Gasteiger partial charge in [-0.1, -0.05) is 33.3 Å². The molecule has 0 radical (unpaired) electrons. The minimum atomic E-state index is -0.173. The Kier molecular flexibility index (Phi) is 6.29. The van der Waals surface area contributed by atoms with Crippen LogP contribution in [0, 0.1) is 11.2 Å². The molecule has 1 rings (SSSR count). The molecule has 2 nitrogen and oxygen atoms in total. The summed E-state index contributed by atoms with van der Waals surface area (Å²) >= 11 is 0. The maximum atomic E-state index is 13.3. The Morgan fingerprint density at radius 2 is 2.05 bits per heavy atom. The van der Waals surface area contributed by atoms with Gasteiger partial charge in [0.05, 0.1) is 0 Å². The molecule has 0 aliphatic heterocycles. The molecule has 1 aromatic carbocycles. The molecule has 0 saturated carbocycles. The van der Waals surface area contributed by atoms with E-state index >= 15 is 0 Å². The van der Waals surface area contributed by atoms with E-state index in [4.69, 9.17) is 0 Å². The number of halogens is 1. The number of hydrogen-bond acceptors (Lipinski definition) is 2. The molecule has 3 heteroatoms. The summed E-state index contributed by atoms with van der Waals surface area (Å²) in [5.74, 6) is -0.173. The number of benzene rings is 1. The number of hydrogen-bond donors (Lipinski definition) is 1. The highest BCUT2D eigenvalue weighted by molar-refractivity contribution is 5.45. The van der Waals surface area contributed by atoms with Crippen LogP contribution in [-0.4, -0.2) is 26.7 Å². The average Bonchev–Trinajstić information content (AvgIpc) is 2.36. The van der Waals surface area contributed by atoms with E-state index in [9.17, 15) is 4.39 Å². The standard InChI is InChI=1S/C16H27FN2/c1-5-10-16(3,12-18-6-2)13-19(4)15-9-7-8-14(17)11-15/h7-9,11,18H,5-6,10,12-13H2,1-4H3. The minimum Gasteiger partial charge on any atom is -0.374 e. The maximum Gasteiger partial charge on any atom is 0.125 e. The largest absolute Gasteiger partial charge is 0.374 e. The van der Waals surface area contributed by atoms with Crippen LogP contribution in [0.15, 0.2) is 24.3 Å². The van der Waals surface area contributed by atoms with Gasteiger partial charge < -0.3 is 10.2 Å². The summed E-state index contributed by atoms with van der Waals surface area (Å²) in [5, 5.41) is 3.44. The molecule has 1 N–H and O–H groups in total. The first-order valence-electron chi connectivity index (χ1n) is 7.18. The molecule has 1 unspecified atom stereocenters. The fraction of sp³-hybridized carbons (Fsp3) is 0.625. The minimum absolute atomic E-state index is 0.173. The van der Waals surface area contributed by atoms with Gasteiger partial charge in [-0.15, -0.1) is 0 Å². The zero-order valence-electron chi connectivity index (χ0n) is 12.7. The lowest BCUT2D eigenvalue weighted by molar-refractivity contribution is 0.286. The average molecular weight is 266 g/mol. The molecule has 0 spiro atoms. The van der Waals surface area contributed by atoms with Crippen LogP contribution in [0.2, 0.25) is 0 Å². The van der Waals surface area contributed by atoms with E-state index in [0.717, 1.165) is 25.3 Å². The van der Waals surface area contributed by atoms with Gasteiger partial charge >= 0.3 is 0 Å². The van der Waals surface area contributed by atoms with E-state index < -0.39 is 0 Å². The molecule has 0 aliphatic carbocycles. The Bertz CT molecular complexity index is 381. The molecule has 0 saturated heterocycles. The van der Waals surface area contributed by atoms with Crippen LogP contribution in [0.3, 0.4) is 0 Å². The van der Waals surface area contributed by atoms with Gasteiger partial charge in [-0.3, -0.25) is 0 Å². The van der Waals surface area contributed by atoms with Crippen LogP contribution in [0.5, 0.6) is 0 Å². The maximum absolute atomic E-state index is 13.3. The number of anilines is 1. The molecular weight excluding hydrogens is 239 g/mol. The first-order chi connectivity index (χ1) is 9.00. The lowest BCUT2D eigenvalue weighted by atomic mass is 9.84. The van der Waals surface area contributed by atoms with Crippen molar-refractivity contribution in [1.82, 2.24) is 5.32 Å². The van der Waals surface area contributed by atoms with Crippen molar-refractivity contribution in [2.75, 3.05) is 31.6 Å². The van der Waals surface area contributed by atoms with E-state index in [-0.39, 0.29) is 11.2 Å². The molecule has 1 atom stereocenters. The first-order valence-corrected chi connectivity index (χ1v) is 7.18. The quantitative estimate of drug-likeness (QED) is 0.772. The van der Waals surface area contributed by atoms with Crippen molar-refractivity contribution in [1.29, 1.82) is 0 Å². The van der Waals surface area contributed by atoms with Crippen molar-refractivity contribution in [3.8, 4) is 0 Å². The molecule has 0 aliphatic rings. The second kappa shape index (κ2) is 7.49. The molecule has 1 aromatic rings. The predicted molar refractivity (Wildman–Crippen MR) is 81.2 cm³/mol. The van der Waals surface area contributed by atoms with Gasteiger partial charge in [0.2, 0.25) is 0 Å². The number of nitrogens with one attached hydrogen (secondary N) is 1. The zero-order valence-corrected chi connectivity index (χ0v) is 12.7. The van der Waals surface area contributed by atoms with Crippen LogP contribution < -0.4 is 10.2 Å². The SMILES string of the molecule is CCCC(C)(CNCC)CN(C)c1cccc(F)c1. The lowest BCUT2D eigenvalue weighted by Gasteiger charge is -2.35. The second-order valence-electron chi connectivity index (χ2n) is 5.68. The summed E-state index contributed by atoms with van der Waals surface area (Å²) in [7, 11) is 2.04. The molecule has 19 heavy (non-hydrogen) atoms. The van der Waals surface area contributed by atoms with Gasteiger partial charge in [-0.25, -0.2) is 4.39 Å². The Labute approximate surface area is 117 Å². The smallest absolute Gasteiger partial charge is 0.125 e. The lowest BCUT2D eigenvalue weighted by Crippen LogP contribution is -2.41. The van der Waals surface area contributed by atoms with Crippen LogP contribution in [0.4, 0.5) is 10.1 Å². The van der Waals surface area contributed by atoms with Gasteiger partial charge in [-0.05, 0) is 36.6 Å². The van der Waals surface area contributed by atoms with E-state index in [2.05, 4.69) is 31.0 Å². The number of rotatable bonds is 8. The molecule has 0 amide bonds. The predicted octanol–water partition coefficient (Wildman–Crippen LogP) is 3.68. The number of nitrogens with zero attached hydrogens (tertiary/aromatic N) is 1. The van der Waals surface area contributed by atoms with E-state index in [1.807, 2.05) is 13.1 Å². The molecular formula is C16H27FN2. The van der Waals surface area contributed by atoms with Gasteiger partial charge in [0.1, 0.15) is 5.82 Å². The van der Waals surface area contributed by atoms with Crippen molar-refractivity contribution in [2.24, 2.45) is 5.41 Å². The summed E-state index contributed by atoms with van der Waals surface area (Å²) in [6.45, 7) is 9.56. The summed E-state index contributed by atoms with van der Waals surface area (Å²) in [4.78, 5) is 2.15. The van der Waals surface area contributed by atoms with Gasteiger partial charge in [0.15, 0.2) is 0 Å². The third-order valence-electron chi connectivity index (χ3n) is 3.52. The normalized spacial score (nSPS) is 14.2. The molecule has 108 valence electrons. The highest BCUT2D eigenvalue weighted by atomic mass is 19.1. The van der Waals surface area contributed by atoms with Crippen LogP contribution in [0.1, 0.15) is 33.6 Å². The van der Waals surface area contributed by atoms with Crippen molar-refractivity contribution in [3.63, 3.8) is 0 Å². The highest BCUT2D eigenvalue weighted by Gasteiger charge is 2.24. The zero-order chi connectivity index (χ0) is 14.3. The Balaban J connectivity index is 2.72. The van der Waals surface area contributed by atoms with Crippen LogP contribution in [0.25, 0.3) is 0 Å². The van der Waals surface area contributed by atoms with Crippen molar-refractivity contribution < 1.29 is 4.39 Å². The van der Waals surface area contributed by atoms with Gasteiger partial charge in [0, 0.05) is 25.8 Å².